The monoisotopic (exact) mass is 314 g/mol. The van der Waals surface area contributed by atoms with Crippen molar-refractivity contribution in [2.75, 3.05) is 45.8 Å². The Morgan fingerprint density at radius 1 is 1.29 bits per heavy atom. The van der Waals surface area contributed by atoms with Crippen LogP contribution in [-0.4, -0.2) is 60.8 Å². The molecule has 0 aliphatic carbocycles. The van der Waals surface area contributed by atoms with E-state index >= 15 is 0 Å². The van der Waals surface area contributed by atoms with Gasteiger partial charge >= 0.3 is 0 Å². The molecule has 1 N–H and O–H groups in total. The summed E-state index contributed by atoms with van der Waals surface area (Å²) >= 11 is 0. The lowest BCUT2D eigenvalue weighted by molar-refractivity contribution is 0.0880. The maximum atomic E-state index is 5.30. The summed E-state index contributed by atoms with van der Waals surface area (Å²) in [6.45, 7) is 13.5. The summed E-state index contributed by atoms with van der Waals surface area (Å²) in [6.07, 6.45) is 1.31. The van der Waals surface area contributed by atoms with Gasteiger partial charge in [0.25, 0.3) is 0 Å². The van der Waals surface area contributed by atoms with Gasteiger partial charge in [0.1, 0.15) is 0 Å². The van der Waals surface area contributed by atoms with Gasteiger partial charge in [-0.3, -0.25) is 4.90 Å². The first kappa shape index (κ1) is 16.7. The Bertz CT molecular complexity index is 437. The molecule has 2 aliphatic rings. The molecule has 5 nitrogen and oxygen atoms in total. The molecule has 0 radical (unpaired) electrons. The van der Waals surface area contributed by atoms with Crippen molar-refractivity contribution in [1.29, 1.82) is 0 Å². The summed E-state index contributed by atoms with van der Waals surface area (Å²) in [5, 5.41) is 7.45. The van der Waals surface area contributed by atoms with Crippen LogP contribution in [0.5, 0.6) is 0 Å². The van der Waals surface area contributed by atoms with E-state index in [1.807, 2.05) is 13.0 Å². The van der Waals surface area contributed by atoms with Gasteiger partial charge in [-0.25, -0.2) is 0 Å². The highest BCUT2D eigenvalue weighted by Gasteiger charge is 2.31. The van der Waals surface area contributed by atoms with Crippen LogP contribution in [0.4, 0.5) is 0 Å². The maximum Gasteiger partial charge on any atom is 0.150 e. The fourth-order valence-corrected chi connectivity index (χ4v) is 3.36. The van der Waals surface area contributed by atoms with Gasteiger partial charge in [-0.15, -0.1) is 12.4 Å². The molecule has 1 atom stereocenters. The van der Waals surface area contributed by atoms with Crippen molar-refractivity contribution < 1.29 is 4.52 Å². The summed E-state index contributed by atoms with van der Waals surface area (Å²) < 4.78 is 5.30. The van der Waals surface area contributed by atoms with Crippen LogP contribution in [0.15, 0.2) is 10.6 Å². The topological polar surface area (TPSA) is 44.5 Å². The summed E-state index contributed by atoms with van der Waals surface area (Å²) in [5.41, 5.74) is 1.45. The number of aryl methyl sites for hydroxylation is 1. The fourth-order valence-electron chi connectivity index (χ4n) is 3.36. The van der Waals surface area contributed by atoms with Gasteiger partial charge in [0.2, 0.25) is 0 Å². The minimum Gasteiger partial charge on any atom is -0.360 e. The second-order valence-corrected chi connectivity index (χ2v) is 6.72. The van der Waals surface area contributed by atoms with E-state index in [1.54, 1.807) is 0 Å². The highest BCUT2D eigenvalue weighted by Crippen LogP contribution is 2.26. The van der Waals surface area contributed by atoms with Crippen LogP contribution in [-0.2, 0) is 6.54 Å². The van der Waals surface area contributed by atoms with Crippen molar-refractivity contribution in [3.8, 4) is 0 Å². The Morgan fingerprint density at radius 3 is 2.57 bits per heavy atom. The third-order valence-electron chi connectivity index (χ3n) is 4.58. The lowest BCUT2D eigenvalue weighted by Crippen LogP contribution is -2.49. The number of piperazine rings is 1. The summed E-state index contributed by atoms with van der Waals surface area (Å²) in [5.74, 6) is 0.989. The molecule has 1 aromatic rings. The number of hydrogen-bond donors (Lipinski definition) is 1. The average molecular weight is 315 g/mol. The first-order valence-corrected chi connectivity index (χ1v) is 7.71. The van der Waals surface area contributed by atoms with Crippen LogP contribution in [0.25, 0.3) is 0 Å². The molecule has 1 unspecified atom stereocenters. The number of nitrogens with one attached hydrogen (secondary N) is 1. The Kier molecular flexibility index (Phi) is 5.66. The zero-order valence-electron chi connectivity index (χ0n) is 13.1. The molecule has 0 saturated carbocycles. The smallest absolute Gasteiger partial charge is 0.150 e. The van der Waals surface area contributed by atoms with Gasteiger partial charge in [-0.1, -0.05) is 12.1 Å². The van der Waals surface area contributed by atoms with E-state index in [4.69, 9.17) is 4.52 Å². The zero-order chi connectivity index (χ0) is 14.0. The number of halogens is 1. The van der Waals surface area contributed by atoms with Crippen LogP contribution in [0.1, 0.15) is 24.8 Å². The Hall–Kier alpha value is -0.620. The molecule has 3 heterocycles. The second-order valence-electron chi connectivity index (χ2n) is 6.72. The van der Waals surface area contributed by atoms with E-state index in [0.717, 1.165) is 31.1 Å². The van der Waals surface area contributed by atoms with Gasteiger partial charge < -0.3 is 14.7 Å². The van der Waals surface area contributed by atoms with E-state index in [2.05, 4.69) is 27.2 Å². The van der Waals surface area contributed by atoms with Gasteiger partial charge in [-0.05, 0) is 25.3 Å². The van der Waals surface area contributed by atoms with E-state index in [9.17, 15) is 0 Å². The van der Waals surface area contributed by atoms with Crippen molar-refractivity contribution in [3.05, 3.63) is 17.5 Å². The number of nitrogens with zero attached hydrogens (tertiary/aromatic N) is 3. The van der Waals surface area contributed by atoms with Gasteiger partial charge in [0.05, 0.1) is 12.2 Å². The van der Waals surface area contributed by atoms with Crippen LogP contribution in [0, 0.1) is 12.3 Å². The van der Waals surface area contributed by atoms with Crippen LogP contribution >= 0.6 is 12.4 Å². The minimum absolute atomic E-state index is 0. The number of rotatable bonds is 4. The Labute approximate surface area is 133 Å². The third-order valence-corrected chi connectivity index (χ3v) is 4.58. The van der Waals surface area contributed by atoms with Crippen LogP contribution in [0.2, 0.25) is 0 Å². The normalized spacial score (nSPS) is 27.7. The van der Waals surface area contributed by atoms with Crippen molar-refractivity contribution >= 4 is 12.4 Å². The molecule has 0 spiro atoms. The molecule has 0 amide bonds. The molecule has 2 aliphatic heterocycles. The largest absolute Gasteiger partial charge is 0.360 e. The molecular weight excluding hydrogens is 288 g/mol. The third kappa shape index (κ3) is 4.42. The first-order chi connectivity index (χ1) is 9.63. The fraction of sp³-hybridized carbons (Fsp3) is 0.800. The predicted octanol–water partition coefficient (Wildman–Crippen LogP) is 1.52. The molecule has 0 bridgehead atoms. The van der Waals surface area contributed by atoms with E-state index in [0.29, 0.717) is 5.41 Å². The van der Waals surface area contributed by atoms with Crippen molar-refractivity contribution in [2.24, 2.45) is 5.41 Å². The molecule has 3 rings (SSSR count). The average Bonchev–Trinajstić information content (AvgIpc) is 3.01. The molecule has 2 fully saturated rings. The summed E-state index contributed by atoms with van der Waals surface area (Å²) in [4.78, 5) is 5.08. The van der Waals surface area contributed by atoms with E-state index in [-0.39, 0.29) is 12.4 Å². The van der Waals surface area contributed by atoms with Crippen LogP contribution < -0.4 is 5.32 Å². The minimum atomic E-state index is 0. The molecule has 21 heavy (non-hydrogen) atoms. The lowest BCUT2D eigenvalue weighted by atomic mass is 9.89. The molecule has 6 heteroatoms. The highest BCUT2D eigenvalue weighted by molar-refractivity contribution is 5.85. The Morgan fingerprint density at radius 2 is 2.00 bits per heavy atom. The highest BCUT2D eigenvalue weighted by atomic mass is 35.5. The standard InChI is InChI=1S/C15H26N4O.ClH/c1-13-9-14(20-17-13)10-18-5-7-19(8-6-18)12-15(2)3-4-16-11-15;/h9,16H,3-8,10-12H2,1-2H3;1H. The SMILES string of the molecule is Cc1cc(CN2CCN(CC3(C)CCNC3)CC2)on1.Cl. The summed E-state index contributed by atoms with van der Waals surface area (Å²) in [7, 11) is 0. The number of hydrogen-bond acceptors (Lipinski definition) is 5. The van der Waals surface area contributed by atoms with Gasteiger partial charge in [0, 0.05) is 45.3 Å². The zero-order valence-corrected chi connectivity index (χ0v) is 13.9. The van der Waals surface area contributed by atoms with Gasteiger partial charge in [-0.2, -0.15) is 0 Å². The second kappa shape index (κ2) is 7.09. The van der Waals surface area contributed by atoms with Crippen molar-refractivity contribution in [3.63, 3.8) is 0 Å². The quantitative estimate of drug-likeness (QED) is 0.913. The molecule has 2 saturated heterocycles. The lowest BCUT2D eigenvalue weighted by Gasteiger charge is -2.38. The van der Waals surface area contributed by atoms with Crippen LogP contribution in [0.3, 0.4) is 0 Å². The van der Waals surface area contributed by atoms with Crippen molar-refractivity contribution in [2.45, 2.75) is 26.8 Å². The molecule has 0 aromatic carbocycles. The van der Waals surface area contributed by atoms with Crippen molar-refractivity contribution in [1.82, 2.24) is 20.3 Å². The maximum absolute atomic E-state index is 5.30. The van der Waals surface area contributed by atoms with E-state index in [1.165, 1.54) is 39.1 Å². The Balaban J connectivity index is 0.00000161. The summed E-state index contributed by atoms with van der Waals surface area (Å²) in [6, 6.07) is 2.04. The van der Waals surface area contributed by atoms with Gasteiger partial charge in [0.15, 0.2) is 5.76 Å². The van der Waals surface area contributed by atoms with E-state index < -0.39 is 0 Å². The molecular formula is C15H27ClN4O. The molecule has 120 valence electrons. The first-order valence-electron chi connectivity index (χ1n) is 7.71. The number of aromatic nitrogens is 1. The molecule has 1 aromatic heterocycles. The predicted molar refractivity (Wildman–Crippen MR) is 85.8 cm³/mol.